The minimum Gasteiger partial charge on any atom is -0.406 e. The van der Waals surface area contributed by atoms with Crippen LogP contribution in [-0.4, -0.2) is 24.7 Å². The van der Waals surface area contributed by atoms with Gasteiger partial charge in [-0.05, 0) is 35.6 Å². The number of alkyl halides is 3. The largest absolute Gasteiger partial charge is 0.573 e. The van der Waals surface area contributed by atoms with E-state index in [1.54, 1.807) is 0 Å². The molecule has 0 aliphatic carbocycles. The lowest BCUT2D eigenvalue weighted by molar-refractivity contribution is -0.380. The summed E-state index contributed by atoms with van der Waals surface area (Å²) in [5, 5.41) is 9.89. The fourth-order valence-corrected chi connectivity index (χ4v) is 3.27. The molecule has 0 radical (unpaired) electrons. The van der Waals surface area contributed by atoms with Gasteiger partial charge in [0.1, 0.15) is 11.9 Å². The number of ether oxygens (including phenoxy) is 1. The van der Waals surface area contributed by atoms with Crippen LogP contribution < -0.4 is 9.46 Å². The van der Waals surface area contributed by atoms with Crippen molar-refractivity contribution in [2.24, 2.45) is 0 Å². The molecule has 0 aliphatic rings. The lowest BCUT2D eigenvalue weighted by atomic mass is 10.3. The maximum Gasteiger partial charge on any atom is 0.573 e. The van der Waals surface area contributed by atoms with Crippen molar-refractivity contribution in [3.05, 3.63) is 40.6 Å². The summed E-state index contributed by atoms with van der Waals surface area (Å²) in [4.78, 5) is 12.9. The Morgan fingerprint density at radius 2 is 1.87 bits per heavy atom. The Morgan fingerprint density at radius 1 is 1.26 bits per heavy atom. The van der Waals surface area contributed by atoms with Gasteiger partial charge in [-0.2, -0.15) is 0 Å². The van der Waals surface area contributed by atoms with Crippen molar-refractivity contribution in [2.45, 2.75) is 11.3 Å². The second-order valence-electron chi connectivity index (χ2n) is 3.89. The van der Waals surface area contributed by atoms with Crippen molar-refractivity contribution in [3.8, 4) is 5.75 Å². The topological polar surface area (TPSA) is 111 Å². The quantitative estimate of drug-likeness (QED) is 0.641. The number of benzene rings is 1. The maximum atomic E-state index is 12.0. The van der Waals surface area contributed by atoms with E-state index in [9.17, 15) is 31.7 Å². The standard InChI is InChI=1S/C10H6F3N3O5S2/c11-10(12,13)21-6-1-3-7(4-2-6)23(19,20)15-9-14-5-8(22-9)16(17)18/h1-5H,(H,14,15). The zero-order chi connectivity index (χ0) is 17.3. The SMILES string of the molecule is O=[N+]([O-])c1cnc(NS(=O)(=O)c2ccc(OC(F)(F)F)cc2)s1. The number of sulfonamides is 1. The van der Waals surface area contributed by atoms with E-state index in [2.05, 4.69) is 9.72 Å². The molecule has 0 amide bonds. The summed E-state index contributed by atoms with van der Waals surface area (Å²) >= 11 is 0.500. The van der Waals surface area contributed by atoms with Crippen LogP contribution in [0.15, 0.2) is 35.4 Å². The predicted octanol–water partition coefficient (Wildman–Crippen LogP) is 2.75. The van der Waals surface area contributed by atoms with Crippen molar-refractivity contribution < 1.29 is 31.2 Å². The molecule has 1 N–H and O–H groups in total. The minimum atomic E-state index is -4.89. The predicted molar refractivity (Wildman–Crippen MR) is 72.7 cm³/mol. The Kier molecular flexibility index (Phi) is 4.42. The van der Waals surface area contributed by atoms with E-state index < -0.39 is 27.1 Å². The molecule has 0 saturated heterocycles. The molecule has 0 saturated carbocycles. The minimum absolute atomic E-state index is 0.243. The molecule has 0 fully saturated rings. The molecular formula is C10H6F3N3O5S2. The second-order valence-corrected chi connectivity index (χ2v) is 6.58. The molecule has 8 nitrogen and oxygen atoms in total. The molecule has 1 aromatic carbocycles. The summed E-state index contributed by atoms with van der Waals surface area (Å²) < 4.78 is 65.7. The number of thiazole rings is 1. The molecule has 1 heterocycles. The zero-order valence-electron chi connectivity index (χ0n) is 10.8. The molecule has 0 atom stereocenters. The zero-order valence-corrected chi connectivity index (χ0v) is 12.4. The van der Waals surface area contributed by atoms with Crippen LogP contribution in [0.1, 0.15) is 0 Å². The summed E-state index contributed by atoms with van der Waals surface area (Å²) in [7, 11) is -4.15. The number of aromatic nitrogens is 1. The van der Waals surface area contributed by atoms with Crippen molar-refractivity contribution in [3.63, 3.8) is 0 Å². The average Bonchev–Trinajstić information content (AvgIpc) is 2.85. The normalized spacial score (nSPS) is 12.0. The van der Waals surface area contributed by atoms with Crippen molar-refractivity contribution in [1.29, 1.82) is 0 Å². The summed E-state index contributed by atoms with van der Waals surface area (Å²) in [5.41, 5.74) is 0. The highest BCUT2D eigenvalue weighted by atomic mass is 32.2. The molecule has 0 spiro atoms. The first kappa shape index (κ1) is 17.0. The van der Waals surface area contributed by atoms with Crippen LogP contribution in [0.3, 0.4) is 0 Å². The Balaban J connectivity index is 2.17. The van der Waals surface area contributed by atoms with E-state index in [0.29, 0.717) is 11.3 Å². The Morgan fingerprint density at radius 3 is 2.35 bits per heavy atom. The van der Waals surface area contributed by atoms with E-state index in [1.165, 1.54) is 0 Å². The van der Waals surface area contributed by atoms with Crippen molar-refractivity contribution >= 4 is 31.5 Å². The molecular weight excluding hydrogens is 363 g/mol. The van der Waals surface area contributed by atoms with Gasteiger partial charge in [0.25, 0.3) is 10.0 Å². The average molecular weight is 369 g/mol. The number of hydrogen-bond donors (Lipinski definition) is 1. The van der Waals surface area contributed by atoms with Gasteiger partial charge < -0.3 is 4.74 Å². The third-order valence-electron chi connectivity index (χ3n) is 2.26. The smallest absolute Gasteiger partial charge is 0.406 e. The highest BCUT2D eigenvalue weighted by molar-refractivity contribution is 7.93. The number of nitro groups is 1. The molecule has 2 aromatic rings. The lowest BCUT2D eigenvalue weighted by Crippen LogP contribution is -2.17. The summed E-state index contributed by atoms with van der Waals surface area (Å²) in [6, 6.07) is 3.44. The fourth-order valence-electron chi connectivity index (χ4n) is 1.39. The first-order valence-electron chi connectivity index (χ1n) is 5.56. The van der Waals surface area contributed by atoms with Crippen LogP contribution in [0.4, 0.5) is 23.3 Å². The summed E-state index contributed by atoms with van der Waals surface area (Å²) in [6.45, 7) is 0. The summed E-state index contributed by atoms with van der Waals surface area (Å²) in [5.74, 6) is -0.582. The highest BCUT2D eigenvalue weighted by Crippen LogP contribution is 2.28. The Labute approximate surface area is 130 Å². The number of nitrogens with zero attached hydrogens (tertiary/aromatic N) is 2. The number of hydrogen-bond acceptors (Lipinski definition) is 7. The van der Waals surface area contributed by atoms with E-state index >= 15 is 0 Å². The van der Waals surface area contributed by atoms with Crippen molar-refractivity contribution in [1.82, 2.24) is 4.98 Å². The van der Waals surface area contributed by atoms with Gasteiger partial charge in [-0.1, -0.05) is 0 Å². The molecule has 124 valence electrons. The van der Waals surface area contributed by atoms with Crippen LogP contribution in [-0.2, 0) is 10.0 Å². The fraction of sp³-hybridized carbons (Fsp3) is 0.100. The monoisotopic (exact) mass is 369 g/mol. The van der Waals surface area contributed by atoms with Gasteiger partial charge in [0.2, 0.25) is 5.13 Å². The molecule has 13 heteroatoms. The molecule has 23 heavy (non-hydrogen) atoms. The van der Waals surface area contributed by atoms with Crippen LogP contribution in [0.5, 0.6) is 5.75 Å². The van der Waals surface area contributed by atoms with Crippen LogP contribution in [0.2, 0.25) is 0 Å². The van der Waals surface area contributed by atoms with Gasteiger partial charge in [0.05, 0.1) is 9.82 Å². The number of anilines is 1. The van der Waals surface area contributed by atoms with Gasteiger partial charge in [0.15, 0.2) is 0 Å². The van der Waals surface area contributed by atoms with E-state index in [4.69, 9.17) is 0 Å². The number of rotatable bonds is 5. The molecule has 2 rings (SSSR count). The Hall–Kier alpha value is -2.41. The molecule has 1 aromatic heterocycles. The van der Waals surface area contributed by atoms with E-state index in [1.807, 2.05) is 4.72 Å². The van der Waals surface area contributed by atoms with E-state index in [-0.39, 0.29) is 15.0 Å². The van der Waals surface area contributed by atoms with E-state index in [0.717, 1.165) is 30.5 Å². The number of nitrogens with one attached hydrogen (secondary N) is 1. The lowest BCUT2D eigenvalue weighted by Gasteiger charge is -2.09. The first-order chi connectivity index (χ1) is 10.6. The molecule has 0 unspecified atom stereocenters. The van der Waals surface area contributed by atoms with Gasteiger partial charge in [-0.15, -0.1) is 13.2 Å². The van der Waals surface area contributed by atoms with Crippen LogP contribution in [0, 0.1) is 10.1 Å². The van der Waals surface area contributed by atoms with Crippen LogP contribution in [0.25, 0.3) is 0 Å². The first-order valence-corrected chi connectivity index (χ1v) is 7.86. The van der Waals surface area contributed by atoms with Gasteiger partial charge in [-0.3, -0.25) is 14.8 Å². The van der Waals surface area contributed by atoms with Gasteiger partial charge >= 0.3 is 11.4 Å². The Bertz CT molecular complexity index is 817. The van der Waals surface area contributed by atoms with Crippen LogP contribution >= 0.6 is 11.3 Å². The molecule has 0 bridgehead atoms. The highest BCUT2D eigenvalue weighted by Gasteiger charge is 2.31. The van der Waals surface area contributed by atoms with Crippen molar-refractivity contribution in [2.75, 3.05) is 4.72 Å². The van der Waals surface area contributed by atoms with Gasteiger partial charge in [0, 0.05) is 0 Å². The number of halogens is 3. The van der Waals surface area contributed by atoms with Gasteiger partial charge in [-0.25, -0.2) is 13.4 Å². The third kappa shape index (κ3) is 4.53. The summed E-state index contributed by atoms with van der Waals surface area (Å²) in [6.07, 6.45) is -4.01. The maximum absolute atomic E-state index is 12.0. The molecule has 0 aliphatic heterocycles. The third-order valence-corrected chi connectivity index (χ3v) is 4.61. The second kappa shape index (κ2) is 6.00.